The van der Waals surface area contributed by atoms with Crippen molar-refractivity contribution in [3.63, 3.8) is 0 Å². The van der Waals surface area contributed by atoms with Crippen molar-refractivity contribution in [1.82, 2.24) is 0 Å². The molecular formula is C21H30O3. The maximum absolute atomic E-state index is 11.1. The van der Waals surface area contributed by atoms with Gasteiger partial charge in [-0.05, 0) is 81.2 Å². The van der Waals surface area contributed by atoms with E-state index in [0.29, 0.717) is 0 Å². The van der Waals surface area contributed by atoms with Crippen LogP contribution in [0.25, 0.3) is 0 Å². The zero-order valence-corrected chi connectivity index (χ0v) is 15.8. The van der Waals surface area contributed by atoms with Gasteiger partial charge in [0.15, 0.2) is 5.78 Å². The van der Waals surface area contributed by atoms with Gasteiger partial charge in [0, 0.05) is 0 Å². The number of ketones is 1. The standard InChI is InChI=1S/C21H30O3/c1-15(13-17(3)22)9-7-10-16(2)18-14-19-20(4,5)11-8-12-21(19,6)24-23-18/h7,9-10,13-14,18H,8,11-12H2,1-6H3/b9-7+,15-13+,16-10+. The van der Waals surface area contributed by atoms with Crippen LogP contribution in [0.5, 0.6) is 0 Å². The number of fused-ring (bicyclic) bond motifs is 1. The van der Waals surface area contributed by atoms with Crippen LogP contribution in [0.4, 0.5) is 0 Å². The molecule has 1 saturated carbocycles. The maximum Gasteiger partial charge on any atom is 0.152 e. The first-order valence-corrected chi connectivity index (χ1v) is 8.75. The second kappa shape index (κ2) is 7.20. The molecule has 2 atom stereocenters. The molecule has 24 heavy (non-hydrogen) atoms. The fraction of sp³-hybridized carbons (Fsp3) is 0.571. The molecule has 0 N–H and O–H groups in total. The molecule has 2 rings (SSSR count). The lowest BCUT2D eigenvalue weighted by Crippen LogP contribution is -2.46. The number of carbonyl (C=O) groups excluding carboxylic acids is 1. The molecule has 2 unspecified atom stereocenters. The van der Waals surface area contributed by atoms with Crippen LogP contribution in [0.3, 0.4) is 0 Å². The highest BCUT2D eigenvalue weighted by atomic mass is 17.2. The van der Waals surface area contributed by atoms with E-state index in [0.717, 1.165) is 24.0 Å². The van der Waals surface area contributed by atoms with Crippen molar-refractivity contribution in [3.05, 3.63) is 47.1 Å². The molecule has 0 saturated heterocycles. The predicted octanol–water partition coefficient (Wildman–Crippen LogP) is 5.25. The fourth-order valence-corrected chi connectivity index (χ4v) is 3.70. The third-order valence-corrected chi connectivity index (χ3v) is 5.01. The summed E-state index contributed by atoms with van der Waals surface area (Å²) in [5, 5.41) is 0. The molecule has 132 valence electrons. The molecule has 1 heterocycles. The Balaban J connectivity index is 2.18. The van der Waals surface area contributed by atoms with Crippen LogP contribution in [0.15, 0.2) is 47.1 Å². The Morgan fingerprint density at radius 2 is 1.92 bits per heavy atom. The summed E-state index contributed by atoms with van der Waals surface area (Å²) in [5.74, 6) is 0.0606. The van der Waals surface area contributed by atoms with Crippen molar-refractivity contribution in [1.29, 1.82) is 0 Å². The van der Waals surface area contributed by atoms with Crippen LogP contribution >= 0.6 is 0 Å². The van der Waals surface area contributed by atoms with E-state index in [1.54, 1.807) is 13.0 Å². The Kier molecular flexibility index (Phi) is 5.67. The topological polar surface area (TPSA) is 35.5 Å². The first-order valence-electron chi connectivity index (χ1n) is 8.75. The van der Waals surface area contributed by atoms with E-state index in [1.165, 1.54) is 12.0 Å². The van der Waals surface area contributed by atoms with Crippen LogP contribution in [-0.4, -0.2) is 17.5 Å². The monoisotopic (exact) mass is 330 g/mol. The molecule has 0 radical (unpaired) electrons. The van der Waals surface area contributed by atoms with Gasteiger partial charge in [0.05, 0.1) is 0 Å². The predicted molar refractivity (Wildman–Crippen MR) is 97.4 cm³/mol. The Hall–Kier alpha value is -1.45. The molecule has 2 aliphatic rings. The molecule has 1 fully saturated rings. The number of allylic oxidation sites excluding steroid dienone is 5. The zero-order chi connectivity index (χ0) is 18.0. The number of hydrogen-bond donors (Lipinski definition) is 0. The normalized spacial score (nSPS) is 30.9. The third kappa shape index (κ3) is 4.34. The third-order valence-electron chi connectivity index (χ3n) is 5.01. The van der Waals surface area contributed by atoms with Crippen LogP contribution in [0, 0.1) is 5.41 Å². The molecule has 0 aromatic carbocycles. The van der Waals surface area contributed by atoms with E-state index >= 15 is 0 Å². The zero-order valence-electron chi connectivity index (χ0n) is 15.8. The quantitative estimate of drug-likeness (QED) is 0.306. The van der Waals surface area contributed by atoms with Crippen molar-refractivity contribution in [2.24, 2.45) is 5.41 Å². The SMILES string of the molecule is CC(=O)/C=C(C)/C=C/C=C(\C)C1C=C2C(C)(C)CCCC2(C)OO1. The van der Waals surface area contributed by atoms with Gasteiger partial charge >= 0.3 is 0 Å². The maximum atomic E-state index is 11.1. The van der Waals surface area contributed by atoms with E-state index in [1.807, 2.05) is 32.1 Å². The second-order valence-electron chi connectivity index (χ2n) is 7.92. The van der Waals surface area contributed by atoms with E-state index in [9.17, 15) is 4.79 Å². The molecule has 1 aliphatic heterocycles. The summed E-state index contributed by atoms with van der Waals surface area (Å²) >= 11 is 0. The molecular weight excluding hydrogens is 300 g/mol. The highest BCUT2D eigenvalue weighted by Crippen LogP contribution is 2.49. The van der Waals surface area contributed by atoms with Gasteiger partial charge in [0.2, 0.25) is 0 Å². The van der Waals surface area contributed by atoms with E-state index in [4.69, 9.17) is 9.78 Å². The molecule has 3 heteroatoms. The van der Waals surface area contributed by atoms with Crippen LogP contribution in [-0.2, 0) is 14.6 Å². The van der Waals surface area contributed by atoms with Crippen LogP contribution < -0.4 is 0 Å². The van der Waals surface area contributed by atoms with Gasteiger partial charge in [-0.1, -0.05) is 32.1 Å². The molecule has 0 aromatic rings. The van der Waals surface area contributed by atoms with E-state index in [2.05, 4.69) is 26.8 Å². The van der Waals surface area contributed by atoms with Crippen molar-refractivity contribution in [2.45, 2.75) is 72.5 Å². The van der Waals surface area contributed by atoms with Crippen molar-refractivity contribution < 1.29 is 14.6 Å². The summed E-state index contributed by atoms with van der Waals surface area (Å²) in [6.07, 6.45) is 12.9. The number of rotatable bonds is 4. The average Bonchev–Trinajstić information content (AvgIpc) is 2.45. The number of carbonyl (C=O) groups is 1. The van der Waals surface area contributed by atoms with Crippen molar-refractivity contribution in [3.8, 4) is 0 Å². The largest absolute Gasteiger partial charge is 0.295 e. The average molecular weight is 330 g/mol. The molecule has 0 amide bonds. The molecule has 0 bridgehead atoms. The minimum Gasteiger partial charge on any atom is -0.295 e. The summed E-state index contributed by atoms with van der Waals surface area (Å²) in [7, 11) is 0. The highest BCUT2D eigenvalue weighted by Gasteiger charge is 2.46. The summed E-state index contributed by atoms with van der Waals surface area (Å²) in [6, 6.07) is 0. The first kappa shape index (κ1) is 18.9. The van der Waals surface area contributed by atoms with Gasteiger partial charge in [0.25, 0.3) is 0 Å². The summed E-state index contributed by atoms with van der Waals surface area (Å²) in [4.78, 5) is 22.6. The van der Waals surface area contributed by atoms with Crippen LogP contribution in [0.1, 0.15) is 60.8 Å². The molecule has 3 nitrogen and oxygen atoms in total. The summed E-state index contributed by atoms with van der Waals surface area (Å²) in [6.45, 7) is 12.2. The smallest absolute Gasteiger partial charge is 0.152 e. The van der Waals surface area contributed by atoms with Crippen LogP contribution in [0.2, 0.25) is 0 Å². The Labute approximate surface area is 146 Å². The van der Waals surface area contributed by atoms with Gasteiger partial charge < -0.3 is 0 Å². The lowest BCUT2D eigenvalue weighted by molar-refractivity contribution is -0.372. The van der Waals surface area contributed by atoms with Gasteiger partial charge in [-0.2, -0.15) is 0 Å². The minimum absolute atomic E-state index is 0.0606. The minimum atomic E-state index is -0.296. The van der Waals surface area contributed by atoms with Gasteiger partial charge in [-0.15, -0.1) is 0 Å². The second-order valence-corrected chi connectivity index (χ2v) is 7.92. The molecule has 1 aliphatic carbocycles. The Morgan fingerprint density at radius 1 is 1.21 bits per heavy atom. The Bertz CT molecular complexity index is 619. The number of hydrogen-bond acceptors (Lipinski definition) is 3. The fourth-order valence-electron chi connectivity index (χ4n) is 3.70. The highest BCUT2D eigenvalue weighted by molar-refractivity contribution is 5.88. The van der Waals surface area contributed by atoms with Crippen molar-refractivity contribution >= 4 is 5.78 Å². The summed E-state index contributed by atoms with van der Waals surface area (Å²) in [5.41, 5.74) is 3.22. The van der Waals surface area contributed by atoms with Crippen molar-refractivity contribution in [2.75, 3.05) is 0 Å². The Morgan fingerprint density at radius 3 is 2.58 bits per heavy atom. The van der Waals surface area contributed by atoms with E-state index < -0.39 is 0 Å². The first-order chi connectivity index (χ1) is 11.1. The van der Waals surface area contributed by atoms with Gasteiger partial charge in [-0.3, -0.25) is 4.79 Å². The molecule has 0 spiro atoms. The lowest BCUT2D eigenvalue weighted by Gasteiger charge is -2.47. The molecule has 0 aromatic heterocycles. The van der Waals surface area contributed by atoms with Gasteiger partial charge in [-0.25, -0.2) is 9.78 Å². The van der Waals surface area contributed by atoms with Gasteiger partial charge in [0.1, 0.15) is 11.7 Å². The lowest BCUT2D eigenvalue weighted by atomic mass is 9.65. The summed E-state index contributed by atoms with van der Waals surface area (Å²) < 4.78 is 0. The van der Waals surface area contributed by atoms with E-state index in [-0.39, 0.29) is 22.9 Å².